The van der Waals surface area contributed by atoms with Crippen molar-refractivity contribution in [2.75, 3.05) is 13.2 Å². The molecule has 2 aliphatic rings. The summed E-state index contributed by atoms with van der Waals surface area (Å²) in [6, 6.07) is 0. The SMILES string of the molecule is CC1=CC[C@@H]2C(=O)CO[C@H](CO)[C@H]2C1. The summed E-state index contributed by atoms with van der Waals surface area (Å²) in [5.41, 5.74) is 1.31. The number of aliphatic hydroxyl groups excluding tert-OH is 1. The van der Waals surface area contributed by atoms with Crippen LogP contribution in [-0.4, -0.2) is 30.2 Å². The second-order valence-electron chi connectivity index (χ2n) is 4.26. The summed E-state index contributed by atoms with van der Waals surface area (Å²) in [5.74, 6) is 0.485. The van der Waals surface area contributed by atoms with Crippen LogP contribution in [0.5, 0.6) is 0 Å². The van der Waals surface area contributed by atoms with E-state index in [1.165, 1.54) is 5.57 Å². The Morgan fingerprint density at radius 1 is 1.64 bits per heavy atom. The van der Waals surface area contributed by atoms with Crippen molar-refractivity contribution in [2.45, 2.75) is 25.9 Å². The average Bonchev–Trinajstić information content (AvgIpc) is 2.18. The van der Waals surface area contributed by atoms with E-state index in [0.29, 0.717) is 0 Å². The number of Topliss-reactive ketones (excluding diaryl/α,β-unsaturated/α-hetero) is 1. The zero-order valence-electron chi connectivity index (χ0n) is 8.40. The highest BCUT2D eigenvalue weighted by Crippen LogP contribution is 2.36. The molecule has 1 aliphatic heterocycles. The van der Waals surface area contributed by atoms with E-state index in [9.17, 15) is 4.79 Å². The molecule has 1 heterocycles. The minimum Gasteiger partial charge on any atom is -0.394 e. The molecular weight excluding hydrogens is 180 g/mol. The third-order valence-corrected chi connectivity index (χ3v) is 3.31. The fourth-order valence-corrected chi connectivity index (χ4v) is 2.47. The van der Waals surface area contributed by atoms with Crippen LogP contribution in [0, 0.1) is 11.8 Å². The molecule has 1 aliphatic carbocycles. The smallest absolute Gasteiger partial charge is 0.162 e. The molecular formula is C11H16O3. The molecule has 78 valence electrons. The van der Waals surface area contributed by atoms with Crippen molar-refractivity contribution in [2.24, 2.45) is 11.8 Å². The number of hydrogen-bond donors (Lipinski definition) is 1. The molecule has 3 atom stereocenters. The molecule has 3 nitrogen and oxygen atoms in total. The van der Waals surface area contributed by atoms with Gasteiger partial charge in [-0.3, -0.25) is 4.79 Å². The number of hydrogen-bond acceptors (Lipinski definition) is 3. The molecule has 14 heavy (non-hydrogen) atoms. The number of ketones is 1. The lowest BCUT2D eigenvalue weighted by Gasteiger charge is -2.38. The molecule has 0 saturated carbocycles. The Morgan fingerprint density at radius 3 is 3.14 bits per heavy atom. The summed E-state index contributed by atoms with van der Waals surface area (Å²) in [6.07, 6.45) is 3.72. The standard InChI is InChI=1S/C11H16O3/c1-7-2-3-8-9(4-7)11(5-12)14-6-10(8)13/h2,8-9,11-12H,3-6H2,1H3/t8-,9-,11+/m0/s1. The Hall–Kier alpha value is -0.670. The van der Waals surface area contributed by atoms with Crippen molar-refractivity contribution in [1.82, 2.24) is 0 Å². The molecule has 0 aromatic rings. The van der Waals surface area contributed by atoms with Gasteiger partial charge in [0.05, 0.1) is 12.7 Å². The summed E-state index contributed by atoms with van der Waals surface area (Å²) in [4.78, 5) is 11.6. The van der Waals surface area contributed by atoms with Crippen molar-refractivity contribution in [1.29, 1.82) is 0 Å². The highest BCUT2D eigenvalue weighted by atomic mass is 16.5. The lowest BCUT2D eigenvalue weighted by Crippen LogP contribution is -2.45. The van der Waals surface area contributed by atoms with Crippen LogP contribution in [0.3, 0.4) is 0 Å². The molecule has 0 bridgehead atoms. The molecule has 0 amide bonds. The highest BCUT2D eigenvalue weighted by molar-refractivity contribution is 5.83. The predicted octanol–water partition coefficient (Wildman–Crippen LogP) is 0.919. The Labute approximate surface area is 83.8 Å². The molecule has 1 fully saturated rings. The summed E-state index contributed by atoms with van der Waals surface area (Å²) in [6.45, 7) is 2.28. The van der Waals surface area contributed by atoms with E-state index in [1.807, 2.05) is 0 Å². The Bertz CT molecular complexity index is 270. The second kappa shape index (κ2) is 3.83. The van der Waals surface area contributed by atoms with Gasteiger partial charge in [-0.15, -0.1) is 0 Å². The predicted molar refractivity (Wildman–Crippen MR) is 51.8 cm³/mol. The van der Waals surface area contributed by atoms with Gasteiger partial charge in [-0.2, -0.15) is 0 Å². The van der Waals surface area contributed by atoms with Gasteiger partial charge in [-0.1, -0.05) is 11.6 Å². The molecule has 2 rings (SSSR count). The number of carbonyl (C=O) groups is 1. The average molecular weight is 196 g/mol. The van der Waals surface area contributed by atoms with Crippen LogP contribution in [0.2, 0.25) is 0 Å². The fraction of sp³-hybridized carbons (Fsp3) is 0.727. The Morgan fingerprint density at radius 2 is 2.43 bits per heavy atom. The number of fused-ring (bicyclic) bond motifs is 1. The van der Waals surface area contributed by atoms with Gasteiger partial charge in [-0.25, -0.2) is 0 Å². The van der Waals surface area contributed by atoms with Gasteiger partial charge in [0.15, 0.2) is 5.78 Å². The maximum atomic E-state index is 11.6. The minimum atomic E-state index is -0.138. The van der Waals surface area contributed by atoms with Crippen LogP contribution < -0.4 is 0 Å². The first-order valence-electron chi connectivity index (χ1n) is 5.13. The van der Waals surface area contributed by atoms with Gasteiger partial charge in [0, 0.05) is 11.8 Å². The van der Waals surface area contributed by atoms with Crippen LogP contribution in [-0.2, 0) is 9.53 Å². The van der Waals surface area contributed by atoms with Gasteiger partial charge < -0.3 is 9.84 Å². The van der Waals surface area contributed by atoms with Crippen LogP contribution in [0.15, 0.2) is 11.6 Å². The molecule has 0 unspecified atom stereocenters. The molecule has 0 radical (unpaired) electrons. The first-order valence-corrected chi connectivity index (χ1v) is 5.13. The van der Waals surface area contributed by atoms with Crippen molar-refractivity contribution >= 4 is 5.78 Å². The molecule has 0 aromatic carbocycles. The third kappa shape index (κ3) is 1.62. The van der Waals surface area contributed by atoms with Crippen LogP contribution in [0.4, 0.5) is 0 Å². The first-order chi connectivity index (χ1) is 6.72. The molecule has 1 N–H and O–H groups in total. The first kappa shape index (κ1) is 9.87. The van der Waals surface area contributed by atoms with E-state index in [0.717, 1.165) is 12.8 Å². The van der Waals surface area contributed by atoms with Crippen molar-refractivity contribution in [3.8, 4) is 0 Å². The van der Waals surface area contributed by atoms with Gasteiger partial charge in [0.1, 0.15) is 6.61 Å². The normalized spacial score (nSPS) is 37.7. The molecule has 0 aromatic heterocycles. The highest BCUT2D eigenvalue weighted by Gasteiger charge is 2.39. The topological polar surface area (TPSA) is 46.5 Å². The number of rotatable bonds is 1. The molecule has 1 saturated heterocycles. The quantitative estimate of drug-likeness (QED) is 0.634. The zero-order valence-corrected chi connectivity index (χ0v) is 8.40. The van der Waals surface area contributed by atoms with Crippen molar-refractivity contribution in [3.05, 3.63) is 11.6 Å². The summed E-state index contributed by atoms with van der Waals surface area (Å²) >= 11 is 0. The zero-order chi connectivity index (χ0) is 10.1. The summed E-state index contributed by atoms with van der Waals surface area (Å²) in [5, 5.41) is 9.15. The van der Waals surface area contributed by atoms with Gasteiger partial charge in [0.2, 0.25) is 0 Å². The fourth-order valence-electron chi connectivity index (χ4n) is 2.47. The van der Waals surface area contributed by atoms with E-state index >= 15 is 0 Å². The Kier molecular flexibility index (Phi) is 2.70. The van der Waals surface area contributed by atoms with E-state index < -0.39 is 0 Å². The van der Waals surface area contributed by atoms with E-state index in [4.69, 9.17) is 9.84 Å². The second-order valence-corrected chi connectivity index (χ2v) is 4.26. The van der Waals surface area contributed by atoms with Crippen molar-refractivity contribution in [3.63, 3.8) is 0 Å². The summed E-state index contributed by atoms with van der Waals surface area (Å²) < 4.78 is 5.33. The van der Waals surface area contributed by atoms with Gasteiger partial charge in [-0.05, 0) is 19.8 Å². The maximum Gasteiger partial charge on any atom is 0.162 e. The Balaban J connectivity index is 2.18. The van der Waals surface area contributed by atoms with Crippen LogP contribution in [0.25, 0.3) is 0 Å². The van der Waals surface area contributed by atoms with E-state index in [1.54, 1.807) is 0 Å². The monoisotopic (exact) mass is 196 g/mol. The lowest BCUT2D eigenvalue weighted by molar-refractivity contribution is -0.148. The number of allylic oxidation sites excluding steroid dienone is 2. The summed E-state index contributed by atoms with van der Waals surface area (Å²) in [7, 11) is 0. The third-order valence-electron chi connectivity index (χ3n) is 3.31. The van der Waals surface area contributed by atoms with E-state index in [-0.39, 0.29) is 36.9 Å². The maximum absolute atomic E-state index is 11.6. The van der Waals surface area contributed by atoms with Gasteiger partial charge >= 0.3 is 0 Å². The molecule has 3 heteroatoms. The van der Waals surface area contributed by atoms with Crippen LogP contribution in [0.1, 0.15) is 19.8 Å². The van der Waals surface area contributed by atoms with Gasteiger partial charge in [0.25, 0.3) is 0 Å². The van der Waals surface area contributed by atoms with Crippen LogP contribution >= 0.6 is 0 Å². The number of aliphatic hydroxyl groups is 1. The molecule has 0 spiro atoms. The van der Waals surface area contributed by atoms with E-state index in [2.05, 4.69) is 13.0 Å². The minimum absolute atomic E-state index is 0.0295. The lowest BCUT2D eigenvalue weighted by atomic mass is 9.73. The number of ether oxygens (including phenoxy) is 1. The van der Waals surface area contributed by atoms with Crippen molar-refractivity contribution < 1.29 is 14.6 Å². The largest absolute Gasteiger partial charge is 0.394 e. The number of carbonyl (C=O) groups excluding carboxylic acids is 1.